The topological polar surface area (TPSA) is 58.6 Å². The van der Waals surface area contributed by atoms with Crippen LogP contribution >= 0.6 is 0 Å². The maximum Gasteiger partial charge on any atom is 0.243 e. The number of ether oxygens (including phenoxy) is 1. The summed E-state index contributed by atoms with van der Waals surface area (Å²) in [6.45, 7) is 3.52. The highest BCUT2D eigenvalue weighted by Gasteiger charge is 2.29. The van der Waals surface area contributed by atoms with Crippen molar-refractivity contribution >= 4 is 11.8 Å². The van der Waals surface area contributed by atoms with Crippen LogP contribution < -0.4 is 5.32 Å². The molecule has 2 aromatic rings. The Morgan fingerprint density at radius 1 is 1.00 bits per heavy atom. The van der Waals surface area contributed by atoms with Crippen molar-refractivity contribution in [2.75, 3.05) is 20.3 Å². The molecule has 0 aromatic heterocycles. The van der Waals surface area contributed by atoms with Crippen molar-refractivity contribution < 1.29 is 14.3 Å². The van der Waals surface area contributed by atoms with Gasteiger partial charge in [0.15, 0.2) is 0 Å². The van der Waals surface area contributed by atoms with E-state index in [1.54, 1.807) is 12.0 Å². The molecule has 29 heavy (non-hydrogen) atoms. The number of hydrogen-bond acceptors (Lipinski definition) is 3. The van der Waals surface area contributed by atoms with Crippen LogP contribution in [0.5, 0.6) is 0 Å². The van der Waals surface area contributed by atoms with E-state index in [0.29, 0.717) is 32.5 Å². The van der Waals surface area contributed by atoms with Gasteiger partial charge in [-0.05, 0) is 24.0 Å². The Bertz CT molecular complexity index is 734. The molecule has 1 N–H and O–H groups in total. The first-order chi connectivity index (χ1) is 14.2. The molecule has 0 heterocycles. The molecule has 1 atom stereocenters. The monoisotopic (exact) mass is 396 g/mol. The summed E-state index contributed by atoms with van der Waals surface area (Å²) < 4.78 is 5.06. The lowest BCUT2D eigenvalue weighted by Crippen LogP contribution is -2.50. The van der Waals surface area contributed by atoms with E-state index in [9.17, 15) is 9.59 Å². The van der Waals surface area contributed by atoms with E-state index >= 15 is 0 Å². The molecule has 0 saturated carbocycles. The van der Waals surface area contributed by atoms with Gasteiger partial charge in [0, 0.05) is 39.6 Å². The van der Waals surface area contributed by atoms with Crippen LogP contribution in [0.3, 0.4) is 0 Å². The number of carbonyl (C=O) groups excluding carboxylic acids is 2. The van der Waals surface area contributed by atoms with Crippen molar-refractivity contribution in [1.29, 1.82) is 0 Å². The summed E-state index contributed by atoms with van der Waals surface area (Å²) in [4.78, 5) is 27.8. The average molecular weight is 397 g/mol. The molecule has 0 aliphatic carbocycles. The third-order valence-electron chi connectivity index (χ3n) is 4.76. The minimum absolute atomic E-state index is 0.00401. The zero-order valence-electron chi connectivity index (χ0n) is 17.5. The van der Waals surface area contributed by atoms with Crippen LogP contribution in [0.4, 0.5) is 0 Å². The van der Waals surface area contributed by atoms with Crippen molar-refractivity contribution in [3.8, 4) is 0 Å². The van der Waals surface area contributed by atoms with E-state index in [0.717, 1.165) is 24.0 Å². The smallest absolute Gasteiger partial charge is 0.243 e. The Kier molecular flexibility index (Phi) is 9.93. The number of benzene rings is 2. The van der Waals surface area contributed by atoms with Crippen molar-refractivity contribution in [2.45, 2.75) is 45.2 Å². The minimum atomic E-state index is -0.556. The largest absolute Gasteiger partial charge is 0.385 e. The summed E-state index contributed by atoms with van der Waals surface area (Å²) >= 11 is 0. The molecular weight excluding hydrogens is 364 g/mol. The zero-order valence-corrected chi connectivity index (χ0v) is 17.5. The van der Waals surface area contributed by atoms with Gasteiger partial charge in [-0.2, -0.15) is 0 Å². The van der Waals surface area contributed by atoms with Crippen molar-refractivity contribution in [1.82, 2.24) is 10.2 Å². The van der Waals surface area contributed by atoms with Gasteiger partial charge in [-0.1, -0.05) is 67.6 Å². The van der Waals surface area contributed by atoms with Crippen LogP contribution in [-0.2, 0) is 27.3 Å². The fourth-order valence-electron chi connectivity index (χ4n) is 3.24. The van der Waals surface area contributed by atoms with E-state index in [-0.39, 0.29) is 11.8 Å². The van der Waals surface area contributed by atoms with Gasteiger partial charge in [0.25, 0.3) is 0 Å². The van der Waals surface area contributed by atoms with Crippen LogP contribution in [0.15, 0.2) is 60.7 Å². The van der Waals surface area contributed by atoms with E-state index in [1.807, 2.05) is 67.6 Å². The lowest BCUT2D eigenvalue weighted by molar-refractivity contribution is -0.141. The molecule has 0 aliphatic rings. The van der Waals surface area contributed by atoms with Gasteiger partial charge in [0.05, 0.1) is 0 Å². The highest BCUT2D eigenvalue weighted by molar-refractivity contribution is 5.88. The Labute approximate surface area is 174 Å². The molecule has 5 nitrogen and oxygen atoms in total. The van der Waals surface area contributed by atoms with E-state index in [2.05, 4.69) is 5.32 Å². The van der Waals surface area contributed by atoms with Crippen LogP contribution in [0, 0.1) is 0 Å². The SMILES string of the molecule is CCCC(=O)N(Cc1ccccc1)[C@H](Cc1ccccc1)C(=O)NCCCOC. The Balaban J connectivity index is 2.25. The Morgan fingerprint density at radius 3 is 2.21 bits per heavy atom. The first kappa shape index (κ1) is 22.6. The summed E-state index contributed by atoms with van der Waals surface area (Å²) in [5.74, 6) is -0.116. The van der Waals surface area contributed by atoms with Gasteiger partial charge in [0.2, 0.25) is 11.8 Å². The molecule has 2 amide bonds. The summed E-state index contributed by atoms with van der Waals surface area (Å²) in [7, 11) is 1.64. The van der Waals surface area contributed by atoms with Gasteiger partial charge in [0.1, 0.15) is 6.04 Å². The van der Waals surface area contributed by atoms with Gasteiger partial charge >= 0.3 is 0 Å². The first-order valence-corrected chi connectivity index (χ1v) is 10.3. The highest BCUT2D eigenvalue weighted by Crippen LogP contribution is 2.16. The van der Waals surface area contributed by atoms with Gasteiger partial charge in [-0.15, -0.1) is 0 Å². The number of nitrogens with zero attached hydrogens (tertiary/aromatic N) is 1. The second-order valence-electron chi connectivity index (χ2n) is 7.10. The van der Waals surface area contributed by atoms with Crippen LogP contribution in [-0.4, -0.2) is 43.0 Å². The number of carbonyl (C=O) groups is 2. The molecule has 0 aliphatic heterocycles. The molecule has 156 valence electrons. The standard InChI is InChI=1S/C24H32N2O3/c1-3-11-23(27)26(19-21-14-8-5-9-15-21)22(18-20-12-6-4-7-13-20)24(28)25-16-10-17-29-2/h4-9,12-15,22H,3,10-11,16-19H2,1-2H3,(H,25,28)/t22-/m1/s1. The van der Waals surface area contributed by atoms with E-state index in [4.69, 9.17) is 4.74 Å². The number of amides is 2. The molecular formula is C24H32N2O3. The molecule has 0 bridgehead atoms. The normalized spacial score (nSPS) is 11.7. The van der Waals surface area contributed by atoms with Crippen LogP contribution in [0.25, 0.3) is 0 Å². The van der Waals surface area contributed by atoms with Crippen LogP contribution in [0.2, 0.25) is 0 Å². The summed E-state index contributed by atoms with van der Waals surface area (Å²) in [6, 6.07) is 19.1. The number of methoxy groups -OCH3 is 1. The molecule has 0 unspecified atom stereocenters. The van der Waals surface area contributed by atoms with Crippen molar-refractivity contribution in [2.24, 2.45) is 0 Å². The van der Waals surface area contributed by atoms with Crippen molar-refractivity contribution in [3.63, 3.8) is 0 Å². The number of hydrogen-bond donors (Lipinski definition) is 1. The molecule has 2 aromatic carbocycles. The van der Waals surface area contributed by atoms with Gasteiger partial charge in [-0.25, -0.2) is 0 Å². The molecule has 0 saturated heterocycles. The predicted octanol–water partition coefficient (Wildman–Crippen LogP) is 3.58. The fourth-order valence-corrected chi connectivity index (χ4v) is 3.24. The third-order valence-corrected chi connectivity index (χ3v) is 4.76. The molecule has 5 heteroatoms. The Hall–Kier alpha value is -2.66. The lowest BCUT2D eigenvalue weighted by atomic mass is 10.0. The Morgan fingerprint density at radius 2 is 1.62 bits per heavy atom. The molecule has 2 rings (SSSR count). The second kappa shape index (κ2) is 12.7. The first-order valence-electron chi connectivity index (χ1n) is 10.3. The second-order valence-corrected chi connectivity index (χ2v) is 7.10. The average Bonchev–Trinajstić information content (AvgIpc) is 2.75. The molecule has 0 radical (unpaired) electrons. The van der Waals surface area contributed by atoms with Crippen LogP contribution in [0.1, 0.15) is 37.3 Å². The maximum atomic E-state index is 13.1. The zero-order chi connectivity index (χ0) is 20.9. The van der Waals surface area contributed by atoms with Crippen molar-refractivity contribution in [3.05, 3.63) is 71.8 Å². The third kappa shape index (κ3) is 7.70. The predicted molar refractivity (Wildman–Crippen MR) is 115 cm³/mol. The minimum Gasteiger partial charge on any atom is -0.385 e. The molecule has 0 fully saturated rings. The molecule has 0 spiro atoms. The van der Waals surface area contributed by atoms with Gasteiger partial charge in [-0.3, -0.25) is 9.59 Å². The lowest BCUT2D eigenvalue weighted by Gasteiger charge is -2.31. The van der Waals surface area contributed by atoms with Gasteiger partial charge < -0.3 is 15.0 Å². The summed E-state index contributed by atoms with van der Waals surface area (Å²) in [5.41, 5.74) is 2.05. The quantitative estimate of drug-likeness (QED) is 0.558. The van der Waals surface area contributed by atoms with E-state index < -0.39 is 6.04 Å². The summed E-state index contributed by atoms with van der Waals surface area (Å²) in [6.07, 6.45) is 2.40. The fraction of sp³-hybridized carbons (Fsp3) is 0.417. The number of rotatable bonds is 12. The summed E-state index contributed by atoms with van der Waals surface area (Å²) in [5, 5.41) is 2.99. The number of nitrogens with one attached hydrogen (secondary N) is 1. The highest BCUT2D eigenvalue weighted by atomic mass is 16.5. The maximum absolute atomic E-state index is 13.1. The van der Waals surface area contributed by atoms with E-state index in [1.165, 1.54) is 0 Å².